The van der Waals surface area contributed by atoms with Crippen LogP contribution in [-0.4, -0.2) is 29.9 Å². The second-order valence-corrected chi connectivity index (χ2v) is 5.69. The molecule has 0 saturated heterocycles. The molecular weight excluding hydrogens is 264 g/mol. The Labute approximate surface area is 117 Å². The molecule has 20 heavy (non-hydrogen) atoms. The summed E-state index contributed by atoms with van der Waals surface area (Å²) in [6, 6.07) is 3.66. The number of benzene rings is 1. The molecule has 5 heteroatoms. The fourth-order valence-electron chi connectivity index (χ4n) is 2.18. The topological polar surface area (TPSA) is 41.5 Å². The maximum Gasteiger partial charge on any atom is 0.129 e. The fourth-order valence-corrected chi connectivity index (χ4v) is 2.18. The highest BCUT2D eigenvalue weighted by Crippen LogP contribution is 2.24. The molecular formula is C15H21F2NO2. The number of aliphatic hydroxyl groups excluding tert-OH is 1. The Hall–Kier alpha value is -1.20. The zero-order chi connectivity index (χ0) is 14.6. The molecule has 1 aliphatic rings. The van der Waals surface area contributed by atoms with E-state index in [9.17, 15) is 13.9 Å². The van der Waals surface area contributed by atoms with Crippen molar-refractivity contribution in [2.75, 3.05) is 13.2 Å². The highest BCUT2D eigenvalue weighted by atomic mass is 19.1. The molecule has 3 nitrogen and oxygen atoms in total. The molecule has 2 rings (SSSR count). The third-order valence-corrected chi connectivity index (χ3v) is 3.46. The second kappa shape index (κ2) is 6.50. The van der Waals surface area contributed by atoms with Crippen LogP contribution in [0.3, 0.4) is 0 Å². The lowest BCUT2D eigenvalue weighted by atomic mass is 9.97. The maximum absolute atomic E-state index is 13.0. The van der Waals surface area contributed by atoms with Crippen LogP contribution in [0.2, 0.25) is 0 Å². The van der Waals surface area contributed by atoms with E-state index in [1.54, 1.807) is 0 Å². The van der Waals surface area contributed by atoms with Crippen LogP contribution in [0, 0.1) is 11.6 Å². The normalized spacial score (nSPS) is 17.8. The molecule has 1 fully saturated rings. The summed E-state index contributed by atoms with van der Waals surface area (Å²) < 4.78 is 31.3. The summed E-state index contributed by atoms with van der Waals surface area (Å²) in [6.07, 6.45) is 3.77. The highest BCUT2D eigenvalue weighted by Gasteiger charge is 2.31. The number of halogens is 2. The lowest BCUT2D eigenvalue weighted by Gasteiger charge is -2.29. The fraction of sp³-hybridized carbons (Fsp3) is 0.600. The van der Waals surface area contributed by atoms with Gasteiger partial charge in [-0.2, -0.15) is 0 Å². The molecule has 1 aromatic rings. The number of hydrogen-bond acceptors (Lipinski definition) is 3. The Bertz CT molecular complexity index is 431. The Morgan fingerprint density at radius 3 is 2.50 bits per heavy atom. The molecule has 1 saturated carbocycles. The van der Waals surface area contributed by atoms with E-state index >= 15 is 0 Å². The first-order valence-corrected chi connectivity index (χ1v) is 6.98. The van der Waals surface area contributed by atoms with Gasteiger partial charge in [-0.3, -0.25) is 0 Å². The third kappa shape index (κ3) is 4.72. The van der Waals surface area contributed by atoms with E-state index in [1.165, 1.54) is 0 Å². The Morgan fingerprint density at radius 1 is 1.30 bits per heavy atom. The lowest BCUT2D eigenvalue weighted by molar-refractivity contribution is 0.154. The SMILES string of the molecule is CC(CO)(CCCOc1cc(F)cc(F)c1)NC1CC1. The number of hydrogen-bond donors (Lipinski definition) is 2. The standard InChI is InChI=1S/C15H21F2NO2/c1-15(10-19,18-13-3-4-13)5-2-6-20-14-8-11(16)7-12(17)9-14/h7-9,13,18-19H,2-6,10H2,1H3. The van der Waals surface area contributed by atoms with Crippen molar-refractivity contribution >= 4 is 0 Å². The summed E-state index contributed by atoms with van der Waals surface area (Å²) in [5.74, 6) is -1.09. The number of aliphatic hydroxyl groups is 1. The quantitative estimate of drug-likeness (QED) is 0.721. The van der Waals surface area contributed by atoms with E-state index in [-0.39, 0.29) is 17.9 Å². The van der Waals surface area contributed by atoms with Crippen molar-refractivity contribution in [2.45, 2.75) is 44.2 Å². The molecule has 0 spiro atoms. The third-order valence-electron chi connectivity index (χ3n) is 3.46. The minimum absolute atomic E-state index is 0.0676. The first-order chi connectivity index (χ1) is 9.50. The van der Waals surface area contributed by atoms with E-state index in [2.05, 4.69) is 5.32 Å². The molecule has 0 heterocycles. The van der Waals surface area contributed by atoms with Gasteiger partial charge in [-0.15, -0.1) is 0 Å². The first kappa shape index (κ1) is 15.2. The van der Waals surface area contributed by atoms with Crippen molar-refractivity contribution in [3.05, 3.63) is 29.8 Å². The maximum atomic E-state index is 13.0. The molecule has 0 bridgehead atoms. The smallest absolute Gasteiger partial charge is 0.129 e. The van der Waals surface area contributed by atoms with Gasteiger partial charge in [0.2, 0.25) is 0 Å². The Balaban J connectivity index is 1.74. The van der Waals surface area contributed by atoms with Gasteiger partial charge in [0.25, 0.3) is 0 Å². The molecule has 1 unspecified atom stereocenters. The second-order valence-electron chi connectivity index (χ2n) is 5.69. The van der Waals surface area contributed by atoms with Crippen molar-refractivity contribution in [1.82, 2.24) is 5.32 Å². The van der Waals surface area contributed by atoms with E-state index in [0.29, 0.717) is 19.1 Å². The van der Waals surface area contributed by atoms with Gasteiger partial charge in [-0.25, -0.2) is 8.78 Å². The van der Waals surface area contributed by atoms with Crippen LogP contribution in [0.5, 0.6) is 5.75 Å². The van der Waals surface area contributed by atoms with Crippen LogP contribution in [0.4, 0.5) is 8.78 Å². The van der Waals surface area contributed by atoms with Gasteiger partial charge < -0.3 is 15.2 Å². The van der Waals surface area contributed by atoms with Gasteiger partial charge in [0.05, 0.1) is 13.2 Å². The van der Waals surface area contributed by atoms with Crippen LogP contribution in [0.15, 0.2) is 18.2 Å². The van der Waals surface area contributed by atoms with Gasteiger partial charge in [0, 0.05) is 29.8 Å². The van der Waals surface area contributed by atoms with Crippen molar-refractivity contribution in [2.24, 2.45) is 0 Å². The summed E-state index contributed by atoms with van der Waals surface area (Å²) >= 11 is 0. The van der Waals surface area contributed by atoms with Crippen LogP contribution < -0.4 is 10.1 Å². The zero-order valence-electron chi connectivity index (χ0n) is 11.7. The number of rotatable bonds is 8. The monoisotopic (exact) mass is 285 g/mol. The minimum Gasteiger partial charge on any atom is -0.493 e. The molecule has 0 aromatic heterocycles. The molecule has 1 aromatic carbocycles. The molecule has 1 atom stereocenters. The summed E-state index contributed by atoms with van der Waals surface area (Å²) in [7, 11) is 0. The van der Waals surface area contributed by atoms with Crippen molar-refractivity contribution in [3.63, 3.8) is 0 Å². The minimum atomic E-state index is -0.643. The van der Waals surface area contributed by atoms with E-state index in [4.69, 9.17) is 4.74 Å². The molecule has 1 aliphatic carbocycles. The van der Waals surface area contributed by atoms with Gasteiger partial charge in [-0.1, -0.05) is 0 Å². The molecule has 2 N–H and O–H groups in total. The molecule has 112 valence electrons. The molecule has 0 radical (unpaired) electrons. The van der Waals surface area contributed by atoms with E-state index < -0.39 is 11.6 Å². The zero-order valence-corrected chi connectivity index (χ0v) is 11.7. The van der Waals surface area contributed by atoms with Crippen LogP contribution in [0.1, 0.15) is 32.6 Å². The predicted molar refractivity (Wildman–Crippen MR) is 72.7 cm³/mol. The van der Waals surface area contributed by atoms with Gasteiger partial charge in [0.1, 0.15) is 17.4 Å². The average Bonchev–Trinajstić information content (AvgIpc) is 3.17. The largest absolute Gasteiger partial charge is 0.493 e. The summed E-state index contributed by atoms with van der Waals surface area (Å²) in [5, 5.41) is 12.9. The van der Waals surface area contributed by atoms with E-state index in [0.717, 1.165) is 37.5 Å². The summed E-state index contributed by atoms with van der Waals surface area (Å²) in [5.41, 5.74) is -0.308. The van der Waals surface area contributed by atoms with Crippen molar-refractivity contribution < 1.29 is 18.6 Å². The van der Waals surface area contributed by atoms with Gasteiger partial charge >= 0.3 is 0 Å². The van der Waals surface area contributed by atoms with E-state index in [1.807, 2.05) is 6.92 Å². The van der Waals surface area contributed by atoms with Crippen molar-refractivity contribution in [1.29, 1.82) is 0 Å². The van der Waals surface area contributed by atoms with Crippen molar-refractivity contribution in [3.8, 4) is 5.75 Å². The van der Waals surface area contributed by atoms with Crippen LogP contribution >= 0.6 is 0 Å². The number of ether oxygens (including phenoxy) is 1. The van der Waals surface area contributed by atoms with Crippen LogP contribution in [-0.2, 0) is 0 Å². The number of nitrogens with one attached hydrogen (secondary N) is 1. The van der Waals surface area contributed by atoms with Gasteiger partial charge in [0.15, 0.2) is 0 Å². The summed E-state index contributed by atoms with van der Waals surface area (Å²) in [6.45, 7) is 2.41. The molecule has 0 amide bonds. The first-order valence-electron chi connectivity index (χ1n) is 6.98. The molecule has 0 aliphatic heterocycles. The Morgan fingerprint density at radius 2 is 1.95 bits per heavy atom. The van der Waals surface area contributed by atoms with Crippen LogP contribution in [0.25, 0.3) is 0 Å². The Kier molecular flexibility index (Phi) is 4.94. The highest BCUT2D eigenvalue weighted by molar-refractivity contribution is 5.23. The predicted octanol–water partition coefficient (Wildman–Crippen LogP) is 2.63. The average molecular weight is 285 g/mol. The van der Waals surface area contributed by atoms with Gasteiger partial charge in [-0.05, 0) is 32.6 Å². The summed E-state index contributed by atoms with van der Waals surface area (Å²) in [4.78, 5) is 0. The lowest BCUT2D eigenvalue weighted by Crippen LogP contribution is -2.47.